The van der Waals surface area contributed by atoms with E-state index in [1.54, 1.807) is 6.07 Å². The van der Waals surface area contributed by atoms with E-state index < -0.39 is 10.0 Å². The van der Waals surface area contributed by atoms with E-state index in [0.717, 1.165) is 25.9 Å². The zero-order chi connectivity index (χ0) is 18.1. The Morgan fingerprint density at radius 1 is 1.27 bits per heavy atom. The van der Waals surface area contributed by atoms with Gasteiger partial charge < -0.3 is 15.0 Å². The number of hydrogen-bond acceptors (Lipinski definition) is 5. The Kier molecular flexibility index (Phi) is 6.55. The highest BCUT2D eigenvalue weighted by atomic mass is 35.5. The van der Waals surface area contributed by atoms with Gasteiger partial charge >= 0.3 is 0 Å². The third-order valence-corrected chi connectivity index (χ3v) is 6.85. The lowest BCUT2D eigenvalue weighted by Gasteiger charge is -2.39. The van der Waals surface area contributed by atoms with Crippen molar-refractivity contribution in [1.82, 2.24) is 14.9 Å². The monoisotopic (exact) mass is 403 g/mol. The maximum absolute atomic E-state index is 12.8. The van der Waals surface area contributed by atoms with E-state index in [1.165, 1.54) is 32.7 Å². The SMILES string of the molecule is CNS(=O)(=O)c1cc(C(=O)N2CCC3(CCNC3)CC2)ccc1OC.Cl. The zero-order valence-electron chi connectivity index (χ0n) is 15.1. The van der Waals surface area contributed by atoms with Crippen molar-refractivity contribution in [3.8, 4) is 5.75 Å². The van der Waals surface area contributed by atoms with Crippen LogP contribution in [0.5, 0.6) is 5.75 Å². The zero-order valence-corrected chi connectivity index (χ0v) is 16.7. The summed E-state index contributed by atoms with van der Waals surface area (Å²) in [5.41, 5.74) is 0.701. The highest BCUT2D eigenvalue weighted by molar-refractivity contribution is 7.89. The van der Waals surface area contributed by atoms with Gasteiger partial charge in [0.25, 0.3) is 5.91 Å². The molecule has 3 rings (SSSR count). The van der Waals surface area contributed by atoms with Gasteiger partial charge in [-0.3, -0.25) is 4.79 Å². The first-order valence-electron chi connectivity index (χ1n) is 8.52. The van der Waals surface area contributed by atoms with E-state index >= 15 is 0 Å². The normalized spacial score (nSPS) is 19.2. The van der Waals surface area contributed by atoms with Gasteiger partial charge in [-0.2, -0.15) is 0 Å². The summed E-state index contributed by atoms with van der Waals surface area (Å²) >= 11 is 0. The fourth-order valence-corrected chi connectivity index (χ4v) is 4.64. The molecular weight excluding hydrogens is 378 g/mol. The van der Waals surface area contributed by atoms with Crippen LogP contribution in [-0.2, 0) is 10.0 Å². The quantitative estimate of drug-likeness (QED) is 0.789. The number of methoxy groups -OCH3 is 1. The van der Waals surface area contributed by atoms with Gasteiger partial charge in [0, 0.05) is 25.2 Å². The van der Waals surface area contributed by atoms with Crippen molar-refractivity contribution in [2.24, 2.45) is 5.41 Å². The van der Waals surface area contributed by atoms with Gasteiger partial charge in [0.1, 0.15) is 10.6 Å². The van der Waals surface area contributed by atoms with E-state index in [1.807, 2.05) is 4.90 Å². The van der Waals surface area contributed by atoms with E-state index in [-0.39, 0.29) is 29.0 Å². The summed E-state index contributed by atoms with van der Waals surface area (Å²) in [5, 5.41) is 3.41. The number of carbonyl (C=O) groups is 1. The van der Waals surface area contributed by atoms with Crippen LogP contribution in [0.2, 0.25) is 0 Å². The number of likely N-dealkylation sites (tertiary alicyclic amines) is 1. The molecule has 2 N–H and O–H groups in total. The number of benzene rings is 1. The van der Waals surface area contributed by atoms with Gasteiger partial charge in [-0.25, -0.2) is 13.1 Å². The molecule has 2 saturated heterocycles. The lowest BCUT2D eigenvalue weighted by atomic mass is 9.78. The molecule has 2 heterocycles. The summed E-state index contributed by atoms with van der Waals surface area (Å²) in [4.78, 5) is 14.6. The van der Waals surface area contributed by atoms with Crippen molar-refractivity contribution in [3.05, 3.63) is 23.8 Å². The predicted octanol–water partition coefficient (Wildman–Crippen LogP) is 1.24. The molecule has 1 aromatic rings. The fourth-order valence-electron chi connectivity index (χ4n) is 3.72. The first-order valence-corrected chi connectivity index (χ1v) is 10.0. The van der Waals surface area contributed by atoms with Crippen LogP contribution >= 0.6 is 12.4 Å². The molecule has 0 saturated carbocycles. The Labute approximate surface area is 160 Å². The van der Waals surface area contributed by atoms with Crippen LogP contribution in [0.15, 0.2) is 23.1 Å². The molecule has 2 fully saturated rings. The number of nitrogens with one attached hydrogen (secondary N) is 2. The van der Waals surface area contributed by atoms with Gasteiger partial charge in [-0.1, -0.05) is 0 Å². The van der Waals surface area contributed by atoms with Crippen molar-refractivity contribution >= 4 is 28.3 Å². The number of ether oxygens (including phenoxy) is 1. The molecule has 2 aliphatic rings. The minimum atomic E-state index is -3.70. The molecule has 0 unspecified atom stereocenters. The molecule has 0 atom stereocenters. The first kappa shape index (κ1) is 21.0. The number of hydrogen-bond donors (Lipinski definition) is 2. The topological polar surface area (TPSA) is 87.7 Å². The summed E-state index contributed by atoms with van der Waals surface area (Å²) in [5.74, 6) is 0.0940. The van der Waals surface area contributed by atoms with Crippen LogP contribution in [0.4, 0.5) is 0 Å². The van der Waals surface area contributed by atoms with Crippen LogP contribution in [0, 0.1) is 5.41 Å². The summed E-state index contributed by atoms with van der Waals surface area (Å²) in [7, 11) is -0.956. The number of piperidine rings is 1. The maximum atomic E-state index is 12.8. The van der Waals surface area contributed by atoms with Crippen molar-refractivity contribution in [2.75, 3.05) is 40.3 Å². The van der Waals surface area contributed by atoms with Gasteiger partial charge in [-0.05, 0) is 56.5 Å². The second-order valence-corrected chi connectivity index (χ2v) is 8.65. The number of amides is 1. The lowest BCUT2D eigenvalue weighted by Crippen LogP contribution is -2.44. The fraction of sp³-hybridized carbons (Fsp3) is 0.588. The second kappa shape index (κ2) is 8.12. The molecule has 1 spiro atoms. The van der Waals surface area contributed by atoms with Crippen LogP contribution < -0.4 is 14.8 Å². The number of nitrogens with zero attached hydrogens (tertiary/aromatic N) is 1. The average molecular weight is 404 g/mol. The third-order valence-electron chi connectivity index (χ3n) is 5.41. The largest absolute Gasteiger partial charge is 0.495 e. The molecule has 26 heavy (non-hydrogen) atoms. The molecule has 0 bridgehead atoms. The molecular formula is C17H26ClN3O4S. The van der Waals surface area contributed by atoms with Crippen molar-refractivity contribution in [1.29, 1.82) is 0 Å². The highest BCUT2D eigenvalue weighted by Crippen LogP contribution is 2.37. The van der Waals surface area contributed by atoms with Gasteiger partial charge in [0.2, 0.25) is 10.0 Å². The van der Waals surface area contributed by atoms with Gasteiger partial charge in [-0.15, -0.1) is 12.4 Å². The molecule has 146 valence electrons. The van der Waals surface area contributed by atoms with Gasteiger partial charge in [0.15, 0.2) is 0 Å². The summed E-state index contributed by atoms with van der Waals surface area (Å²) in [6.07, 6.45) is 3.15. The lowest BCUT2D eigenvalue weighted by molar-refractivity contribution is 0.0607. The predicted molar refractivity (Wildman–Crippen MR) is 102 cm³/mol. The first-order chi connectivity index (χ1) is 11.9. The van der Waals surface area contributed by atoms with E-state index in [9.17, 15) is 13.2 Å². The minimum Gasteiger partial charge on any atom is -0.495 e. The Balaban J connectivity index is 0.00000243. The molecule has 0 aromatic heterocycles. The smallest absolute Gasteiger partial charge is 0.253 e. The second-order valence-electron chi connectivity index (χ2n) is 6.79. The van der Waals surface area contributed by atoms with Crippen LogP contribution in [0.25, 0.3) is 0 Å². The summed E-state index contributed by atoms with van der Waals surface area (Å²) < 4.78 is 31.8. The van der Waals surface area contributed by atoms with Crippen LogP contribution in [-0.4, -0.2) is 59.6 Å². The van der Waals surface area contributed by atoms with Crippen molar-refractivity contribution in [2.45, 2.75) is 24.2 Å². The van der Waals surface area contributed by atoms with E-state index in [0.29, 0.717) is 24.1 Å². The number of carbonyl (C=O) groups excluding carboxylic acids is 1. The van der Waals surface area contributed by atoms with Crippen LogP contribution in [0.3, 0.4) is 0 Å². The standard InChI is InChI=1S/C17H25N3O4S.ClH/c1-18-25(22,23)15-11-13(3-4-14(15)24-2)16(21)20-9-6-17(7-10-20)5-8-19-12-17;/h3-4,11,18-19H,5-10,12H2,1-2H3;1H. The molecule has 0 aliphatic carbocycles. The molecule has 1 aromatic carbocycles. The Morgan fingerprint density at radius 3 is 2.50 bits per heavy atom. The Hall–Kier alpha value is -1.35. The number of sulfonamides is 1. The van der Waals surface area contributed by atoms with Crippen molar-refractivity contribution in [3.63, 3.8) is 0 Å². The Bertz CT molecular complexity index is 753. The maximum Gasteiger partial charge on any atom is 0.253 e. The molecule has 7 nitrogen and oxygen atoms in total. The highest BCUT2D eigenvalue weighted by Gasteiger charge is 2.38. The Morgan fingerprint density at radius 2 is 1.96 bits per heavy atom. The van der Waals surface area contributed by atoms with E-state index in [2.05, 4.69) is 10.0 Å². The average Bonchev–Trinajstić information content (AvgIpc) is 3.09. The summed E-state index contributed by atoms with van der Waals surface area (Å²) in [6, 6.07) is 4.55. The van der Waals surface area contributed by atoms with Crippen LogP contribution in [0.1, 0.15) is 29.6 Å². The minimum absolute atomic E-state index is 0. The summed E-state index contributed by atoms with van der Waals surface area (Å²) in [6.45, 7) is 3.50. The molecule has 2 aliphatic heterocycles. The third kappa shape index (κ3) is 3.98. The molecule has 1 amide bonds. The number of rotatable bonds is 4. The molecule has 0 radical (unpaired) electrons. The van der Waals surface area contributed by atoms with Gasteiger partial charge in [0.05, 0.1) is 7.11 Å². The molecule has 9 heteroatoms. The van der Waals surface area contributed by atoms with Crippen molar-refractivity contribution < 1.29 is 17.9 Å². The number of halogens is 1. The van der Waals surface area contributed by atoms with E-state index in [4.69, 9.17) is 4.74 Å².